The van der Waals surface area contributed by atoms with E-state index in [4.69, 9.17) is 21.3 Å². The molecule has 1 N–H and O–H groups in total. The van der Waals surface area contributed by atoms with E-state index in [0.717, 1.165) is 53.1 Å². The normalized spacial score (nSPS) is 11.0. The van der Waals surface area contributed by atoms with E-state index in [1.165, 1.54) is 5.56 Å². The molecule has 1 aromatic heterocycles. The van der Waals surface area contributed by atoms with Crippen molar-refractivity contribution in [3.8, 4) is 16.9 Å². The number of nitrogens with zero attached hydrogens (tertiary/aromatic N) is 2. The fourth-order valence-corrected chi connectivity index (χ4v) is 4.79. The molecule has 0 radical (unpaired) electrons. The first kappa shape index (κ1) is 26.5. The second-order valence-electron chi connectivity index (χ2n) is 9.52. The van der Waals surface area contributed by atoms with E-state index in [1.54, 1.807) is 0 Å². The first-order valence-corrected chi connectivity index (χ1v) is 13.8. The van der Waals surface area contributed by atoms with Crippen molar-refractivity contribution >= 4 is 28.5 Å². The Hall–Kier alpha value is -4.09. The van der Waals surface area contributed by atoms with Crippen LogP contribution in [0.4, 0.5) is 0 Å². The van der Waals surface area contributed by atoms with Gasteiger partial charge in [-0.15, -0.1) is 0 Å². The zero-order valence-electron chi connectivity index (χ0n) is 21.9. The van der Waals surface area contributed by atoms with Crippen molar-refractivity contribution in [3.05, 3.63) is 120 Å². The molecule has 1 amide bonds. The van der Waals surface area contributed by atoms with Crippen LogP contribution < -0.4 is 10.1 Å². The van der Waals surface area contributed by atoms with E-state index in [1.807, 2.05) is 72.8 Å². The number of aryl methyl sites for hydroxylation is 1. The highest BCUT2D eigenvalue weighted by Crippen LogP contribution is 2.20. The number of imidazole rings is 1. The number of fused-ring (bicyclic) bond motifs is 1. The summed E-state index contributed by atoms with van der Waals surface area (Å²) in [5.74, 6) is 1.84. The molecule has 5 aromatic rings. The smallest absolute Gasteiger partial charge is 0.224 e. The average molecular weight is 538 g/mol. The van der Waals surface area contributed by atoms with E-state index >= 15 is 0 Å². The lowest BCUT2D eigenvalue weighted by Gasteiger charge is -2.11. The fourth-order valence-electron chi connectivity index (χ4n) is 4.67. The molecule has 5 rings (SSSR count). The number of para-hydroxylation sites is 2. The number of nitrogens with one attached hydrogen (secondary N) is 1. The molecule has 39 heavy (non-hydrogen) atoms. The maximum Gasteiger partial charge on any atom is 0.224 e. The highest BCUT2D eigenvalue weighted by atomic mass is 35.5. The second-order valence-corrected chi connectivity index (χ2v) is 9.95. The number of carbonyl (C=O) groups is 1. The summed E-state index contributed by atoms with van der Waals surface area (Å²) < 4.78 is 8.11. The van der Waals surface area contributed by atoms with Crippen LogP contribution in [0.3, 0.4) is 0 Å². The van der Waals surface area contributed by atoms with E-state index in [2.05, 4.69) is 40.2 Å². The van der Waals surface area contributed by atoms with Crippen molar-refractivity contribution in [2.45, 2.75) is 32.2 Å². The number of hydrogen-bond donors (Lipinski definition) is 1. The molecule has 0 saturated heterocycles. The molecule has 0 atom stereocenters. The molecule has 0 fully saturated rings. The van der Waals surface area contributed by atoms with Gasteiger partial charge in [-0.3, -0.25) is 4.79 Å². The van der Waals surface area contributed by atoms with Crippen molar-refractivity contribution in [3.63, 3.8) is 0 Å². The van der Waals surface area contributed by atoms with E-state index < -0.39 is 0 Å². The standard InChI is InChI=1S/C33H32ClN3O2/c34-28-16-18-29(19-17-28)39-23-7-6-22-37-31-11-5-4-10-30(31)36-32(37)20-21-35-33(38)24-25-12-14-27(15-13-25)26-8-2-1-3-9-26/h1-5,8-19H,6-7,20-24H2,(H,35,38). The summed E-state index contributed by atoms with van der Waals surface area (Å²) in [6, 6.07) is 34.1. The number of carbonyl (C=O) groups excluding carboxylic acids is 1. The van der Waals surface area contributed by atoms with Crippen LogP contribution in [0.2, 0.25) is 5.02 Å². The Bertz CT molecular complexity index is 1500. The number of rotatable bonds is 12. The number of amides is 1. The van der Waals surface area contributed by atoms with Crippen LogP contribution in [0.15, 0.2) is 103 Å². The molecule has 0 unspecified atom stereocenters. The number of benzene rings is 4. The molecule has 0 aliphatic carbocycles. The minimum atomic E-state index is 0.0180. The van der Waals surface area contributed by atoms with Gasteiger partial charge in [-0.1, -0.05) is 78.3 Å². The molecular weight excluding hydrogens is 506 g/mol. The Morgan fingerprint density at radius 2 is 1.54 bits per heavy atom. The minimum Gasteiger partial charge on any atom is -0.494 e. The maximum absolute atomic E-state index is 12.6. The van der Waals surface area contributed by atoms with Crippen LogP contribution in [-0.4, -0.2) is 28.6 Å². The van der Waals surface area contributed by atoms with Crippen molar-refractivity contribution in [1.82, 2.24) is 14.9 Å². The molecule has 198 valence electrons. The van der Waals surface area contributed by atoms with E-state index in [0.29, 0.717) is 31.0 Å². The molecule has 0 saturated carbocycles. The molecule has 5 nitrogen and oxygen atoms in total. The predicted octanol–water partition coefficient (Wildman–Crippen LogP) is 7.12. The van der Waals surface area contributed by atoms with Gasteiger partial charge in [-0.2, -0.15) is 0 Å². The van der Waals surface area contributed by atoms with Gasteiger partial charge in [-0.25, -0.2) is 4.98 Å². The molecule has 0 spiro atoms. The van der Waals surface area contributed by atoms with Gasteiger partial charge in [0.15, 0.2) is 0 Å². The number of ether oxygens (including phenoxy) is 1. The van der Waals surface area contributed by atoms with Gasteiger partial charge in [0.2, 0.25) is 5.91 Å². The third kappa shape index (κ3) is 7.27. The maximum atomic E-state index is 12.6. The van der Waals surface area contributed by atoms with Gasteiger partial charge in [0.25, 0.3) is 0 Å². The molecule has 6 heteroatoms. The second kappa shape index (κ2) is 13.1. The third-order valence-electron chi connectivity index (χ3n) is 6.69. The lowest BCUT2D eigenvalue weighted by Crippen LogP contribution is -2.28. The van der Waals surface area contributed by atoms with Gasteiger partial charge in [0.05, 0.1) is 24.1 Å². The molecule has 4 aromatic carbocycles. The topological polar surface area (TPSA) is 56.2 Å². The summed E-state index contributed by atoms with van der Waals surface area (Å²) in [4.78, 5) is 17.5. The lowest BCUT2D eigenvalue weighted by atomic mass is 10.0. The van der Waals surface area contributed by atoms with Crippen LogP contribution >= 0.6 is 11.6 Å². The van der Waals surface area contributed by atoms with Crippen LogP contribution in [0.5, 0.6) is 5.75 Å². The Morgan fingerprint density at radius 1 is 0.821 bits per heavy atom. The summed E-state index contributed by atoms with van der Waals surface area (Å²) in [7, 11) is 0. The van der Waals surface area contributed by atoms with Crippen LogP contribution in [0.25, 0.3) is 22.2 Å². The van der Waals surface area contributed by atoms with Crippen molar-refractivity contribution in [1.29, 1.82) is 0 Å². The van der Waals surface area contributed by atoms with Gasteiger partial charge in [0, 0.05) is 24.5 Å². The molecule has 0 aliphatic rings. The minimum absolute atomic E-state index is 0.0180. The van der Waals surface area contributed by atoms with Gasteiger partial charge >= 0.3 is 0 Å². The summed E-state index contributed by atoms with van der Waals surface area (Å²) in [5, 5.41) is 3.78. The molecule has 0 aliphatic heterocycles. The monoisotopic (exact) mass is 537 g/mol. The van der Waals surface area contributed by atoms with Gasteiger partial charge in [-0.05, 0) is 65.9 Å². The van der Waals surface area contributed by atoms with Crippen molar-refractivity contribution < 1.29 is 9.53 Å². The number of hydrogen-bond acceptors (Lipinski definition) is 3. The summed E-state index contributed by atoms with van der Waals surface area (Å²) >= 11 is 5.94. The molecular formula is C33H32ClN3O2. The van der Waals surface area contributed by atoms with Crippen molar-refractivity contribution in [2.75, 3.05) is 13.2 Å². The van der Waals surface area contributed by atoms with Crippen molar-refractivity contribution in [2.24, 2.45) is 0 Å². The highest BCUT2D eigenvalue weighted by Gasteiger charge is 2.11. The largest absolute Gasteiger partial charge is 0.494 e. The molecule has 1 heterocycles. The summed E-state index contributed by atoms with van der Waals surface area (Å²) in [6.07, 6.45) is 2.92. The average Bonchev–Trinajstić information content (AvgIpc) is 3.32. The third-order valence-corrected chi connectivity index (χ3v) is 6.94. The number of aromatic nitrogens is 2. The Labute approximate surface area is 234 Å². The predicted molar refractivity (Wildman–Crippen MR) is 158 cm³/mol. The van der Waals surface area contributed by atoms with Gasteiger partial charge < -0.3 is 14.6 Å². The first-order chi connectivity index (χ1) is 19.2. The summed E-state index contributed by atoms with van der Waals surface area (Å²) in [6.45, 7) is 2.04. The zero-order valence-corrected chi connectivity index (χ0v) is 22.6. The number of halogens is 1. The quantitative estimate of drug-likeness (QED) is 0.172. The fraction of sp³-hybridized carbons (Fsp3) is 0.212. The van der Waals surface area contributed by atoms with E-state index in [-0.39, 0.29) is 5.91 Å². The van der Waals surface area contributed by atoms with Gasteiger partial charge in [0.1, 0.15) is 11.6 Å². The van der Waals surface area contributed by atoms with Crippen LogP contribution in [0.1, 0.15) is 24.2 Å². The Kier molecular flexibility index (Phi) is 8.92. The SMILES string of the molecule is O=C(Cc1ccc(-c2ccccc2)cc1)NCCc1nc2ccccc2n1CCCCOc1ccc(Cl)cc1. The van der Waals surface area contributed by atoms with Crippen LogP contribution in [-0.2, 0) is 24.2 Å². The lowest BCUT2D eigenvalue weighted by molar-refractivity contribution is -0.120. The first-order valence-electron chi connectivity index (χ1n) is 13.4. The highest BCUT2D eigenvalue weighted by molar-refractivity contribution is 6.30. The Balaban J connectivity index is 1.11. The Morgan fingerprint density at radius 3 is 2.33 bits per heavy atom. The zero-order chi connectivity index (χ0) is 26.9. The van der Waals surface area contributed by atoms with Crippen LogP contribution in [0, 0.1) is 0 Å². The van der Waals surface area contributed by atoms with E-state index in [9.17, 15) is 4.79 Å². The summed E-state index contributed by atoms with van der Waals surface area (Å²) in [5.41, 5.74) is 5.42. The molecule has 0 bridgehead atoms. The number of unbranched alkanes of at least 4 members (excludes halogenated alkanes) is 1.